The molecule has 4 fully saturated rings. The van der Waals surface area contributed by atoms with Crippen molar-refractivity contribution in [2.24, 2.45) is 23.2 Å². The minimum atomic E-state index is -0.508. The normalized spacial score (nSPS) is 38.1. The first-order valence-electron chi connectivity index (χ1n) is 6.96. The number of rotatable bonds is 2. The lowest BCUT2D eigenvalue weighted by molar-refractivity contribution is -0.164. The molecule has 0 aromatic heterocycles. The summed E-state index contributed by atoms with van der Waals surface area (Å²) in [6.45, 7) is 4.48. The van der Waals surface area contributed by atoms with Gasteiger partial charge in [0.1, 0.15) is 0 Å². The van der Waals surface area contributed by atoms with Crippen LogP contribution >= 0.6 is 0 Å². The van der Waals surface area contributed by atoms with Gasteiger partial charge in [0.25, 0.3) is 0 Å². The lowest BCUT2D eigenvalue weighted by Gasteiger charge is -2.54. The molecule has 4 aliphatic carbocycles. The summed E-state index contributed by atoms with van der Waals surface area (Å²) >= 11 is 0. The van der Waals surface area contributed by atoms with E-state index in [9.17, 15) is 14.7 Å². The number of carboxylic acid groups (broad SMARTS) is 1. The minimum Gasteiger partial charge on any atom is -0.481 e. The summed E-state index contributed by atoms with van der Waals surface area (Å²) in [6, 6.07) is 0. The molecule has 106 valence electrons. The highest BCUT2D eigenvalue weighted by Gasteiger charge is 2.54. The van der Waals surface area contributed by atoms with Crippen LogP contribution in [0.4, 0.5) is 0 Å². The van der Waals surface area contributed by atoms with Crippen molar-refractivity contribution in [1.82, 2.24) is 0 Å². The third-order valence-corrected chi connectivity index (χ3v) is 4.74. The molecule has 4 nitrogen and oxygen atoms in total. The van der Waals surface area contributed by atoms with E-state index in [-0.39, 0.29) is 11.4 Å². The number of hydrogen-bond acceptors (Lipinski definition) is 3. The van der Waals surface area contributed by atoms with Crippen molar-refractivity contribution >= 4 is 11.9 Å². The highest BCUT2D eigenvalue weighted by Crippen LogP contribution is 2.59. The Morgan fingerprint density at radius 2 is 1.58 bits per heavy atom. The highest BCUT2D eigenvalue weighted by atomic mass is 16.5. The van der Waals surface area contributed by atoms with Gasteiger partial charge in [-0.3, -0.25) is 9.59 Å². The van der Waals surface area contributed by atoms with Crippen LogP contribution in [0.3, 0.4) is 0 Å². The largest absolute Gasteiger partial charge is 0.481 e. The molecule has 19 heavy (non-hydrogen) atoms. The van der Waals surface area contributed by atoms with Crippen molar-refractivity contribution in [2.45, 2.75) is 45.4 Å². The predicted octanol–water partition coefficient (Wildman–Crippen LogP) is 2.98. The van der Waals surface area contributed by atoms with Gasteiger partial charge in [-0.2, -0.15) is 0 Å². The predicted molar refractivity (Wildman–Crippen MR) is 70.2 cm³/mol. The van der Waals surface area contributed by atoms with Gasteiger partial charge in [0.2, 0.25) is 0 Å². The molecular weight excluding hydrogens is 244 g/mol. The quantitative estimate of drug-likeness (QED) is 0.616. The van der Waals surface area contributed by atoms with Crippen LogP contribution in [0.25, 0.3) is 0 Å². The van der Waals surface area contributed by atoms with Gasteiger partial charge in [0.05, 0.1) is 11.7 Å². The third-order valence-electron chi connectivity index (χ3n) is 4.74. The fourth-order valence-corrected chi connectivity index (χ4v) is 4.49. The second kappa shape index (κ2) is 5.35. The first-order chi connectivity index (χ1) is 8.95. The van der Waals surface area contributed by atoms with Gasteiger partial charge in [-0.05, 0) is 56.3 Å². The number of carbonyl (C=O) groups is 2. The molecule has 0 saturated heterocycles. The van der Waals surface area contributed by atoms with E-state index in [1.807, 2.05) is 0 Å². The number of esters is 1. The number of carbonyl (C=O) groups excluding carboxylic acids is 1. The van der Waals surface area contributed by atoms with E-state index in [2.05, 4.69) is 11.3 Å². The van der Waals surface area contributed by atoms with Crippen LogP contribution in [0.15, 0.2) is 12.8 Å². The minimum absolute atomic E-state index is 0.283. The molecule has 0 spiro atoms. The van der Waals surface area contributed by atoms with Gasteiger partial charge in [0.15, 0.2) is 0 Å². The van der Waals surface area contributed by atoms with Crippen LogP contribution in [0.2, 0.25) is 0 Å². The van der Waals surface area contributed by atoms with E-state index in [4.69, 9.17) is 0 Å². The summed E-state index contributed by atoms with van der Waals surface area (Å²) in [5, 5.41) is 9.28. The molecule has 0 aromatic rings. The van der Waals surface area contributed by atoms with E-state index < -0.39 is 5.97 Å². The molecule has 0 aromatic carbocycles. The fourth-order valence-electron chi connectivity index (χ4n) is 4.49. The molecule has 4 rings (SSSR count). The Hall–Kier alpha value is -1.32. The smallest absolute Gasteiger partial charge is 0.309 e. The summed E-state index contributed by atoms with van der Waals surface area (Å²) < 4.78 is 4.17. The first-order valence-corrected chi connectivity index (χ1v) is 6.96. The molecule has 1 N–H and O–H groups in total. The third kappa shape index (κ3) is 2.99. The summed E-state index contributed by atoms with van der Waals surface area (Å²) in [4.78, 5) is 21.0. The van der Waals surface area contributed by atoms with Crippen molar-refractivity contribution in [3.05, 3.63) is 12.8 Å². The summed E-state index contributed by atoms with van der Waals surface area (Å²) in [5.41, 5.74) is -0.283. The molecule has 0 atom stereocenters. The van der Waals surface area contributed by atoms with Crippen LogP contribution in [0.5, 0.6) is 0 Å². The van der Waals surface area contributed by atoms with Crippen molar-refractivity contribution < 1.29 is 19.4 Å². The molecule has 4 heteroatoms. The lowest BCUT2D eigenvalue weighted by atomic mass is 9.49. The topological polar surface area (TPSA) is 63.6 Å². The van der Waals surface area contributed by atoms with Crippen LogP contribution in [0, 0.1) is 23.2 Å². The van der Waals surface area contributed by atoms with Gasteiger partial charge >= 0.3 is 11.9 Å². The zero-order chi connectivity index (χ0) is 14.0. The van der Waals surface area contributed by atoms with Crippen LogP contribution in [0.1, 0.15) is 45.4 Å². The summed E-state index contributed by atoms with van der Waals surface area (Å²) in [7, 11) is 0. The zero-order valence-electron chi connectivity index (χ0n) is 11.4. The number of aliphatic carboxylic acids is 1. The van der Waals surface area contributed by atoms with Crippen molar-refractivity contribution in [3.63, 3.8) is 0 Å². The Labute approximate surface area is 113 Å². The standard InChI is InChI=1S/C11H16O2.C4H6O2/c12-10(13)11-4-7-1-8(5-11)3-9(2-7)6-11;1-3-6-4(2)5/h7-9H,1-6H2,(H,12,13);3H,1H2,2H3. The molecule has 4 saturated carbocycles. The molecule has 0 heterocycles. The fraction of sp³-hybridized carbons (Fsp3) is 0.733. The van der Waals surface area contributed by atoms with E-state index >= 15 is 0 Å². The Balaban J connectivity index is 0.000000192. The highest BCUT2D eigenvalue weighted by molar-refractivity contribution is 5.75. The average molecular weight is 266 g/mol. The van der Waals surface area contributed by atoms with Crippen molar-refractivity contribution in [2.75, 3.05) is 0 Å². The summed E-state index contributed by atoms with van der Waals surface area (Å²) in [5.74, 6) is 1.42. The van der Waals surface area contributed by atoms with E-state index in [0.29, 0.717) is 0 Å². The number of carboxylic acids is 1. The monoisotopic (exact) mass is 266 g/mol. The molecule has 4 bridgehead atoms. The lowest BCUT2D eigenvalue weighted by Crippen LogP contribution is -2.49. The van der Waals surface area contributed by atoms with E-state index in [0.717, 1.165) is 43.3 Å². The second-order valence-corrected chi connectivity index (χ2v) is 6.28. The van der Waals surface area contributed by atoms with Crippen molar-refractivity contribution in [3.8, 4) is 0 Å². The molecule has 0 unspecified atom stereocenters. The Kier molecular flexibility index (Phi) is 3.97. The molecule has 0 aliphatic heterocycles. The van der Waals surface area contributed by atoms with Gasteiger partial charge in [-0.15, -0.1) is 0 Å². The molecular formula is C15H22O4. The Morgan fingerprint density at radius 3 is 1.79 bits per heavy atom. The summed E-state index contributed by atoms with van der Waals surface area (Å²) in [6.07, 6.45) is 8.02. The van der Waals surface area contributed by atoms with Gasteiger partial charge < -0.3 is 9.84 Å². The maximum Gasteiger partial charge on any atom is 0.309 e. The van der Waals surface area contributed by atoms with Crippen molar-refractivity contribution in [1.29, 1.82) is 0 Å². The van der Waals surface area contributed by atoms with E-state index in [1.54, 1.807) is 0 Å². The maximum atomic E-state index is 11.3. The SMILES string of the molecule is C=COC(C)=O.O=C(O)C12CC3CC(CC(C3)C1)C2. The van der Waals surface area contributed by atoms with Gasteiger partial charge in [0, 0.05) is 6.92 Å². The number of hydrogen-bond donors (Lipinski definition) is 1. The Morgan fingerprint density at radius 1 is 1.16 bits per heavy atom. The van der Waals surface area contributed by atoms with Gasteiger partial charge in [-0.1, -0.05) is 6.58 Å². The van der Waals surface area contributed by atoms with Crippen LogP contribution in [-0.2, 0) is 14.3 Å². The van der Waals surface area contributed by atoms with E-state index in [1.165, 1.54) is 26.2 Å². The molecule has 0 amide bonds. The van der Waals surface area contributed by atoms with Crippen LogP contribution < -0.4 is 0 Å². The van der Waals surface area contributed by atoms with Crippen LogP contribution in [-0.4, -0.2) is 17.0 Å². The molecule has 0 radical (unpaired) electrons. The average Bonchev–Trinajstić information content (AvgIpc) is 2.27. The maximum absolute atomic E-state index is 11.3. The second-order valence-electron chi connectivity index (χ2n) is 6.28. The number of ether oxygens (including phenoxy) is 1. The zero-order valence-corrected chi connectivity index (χ0v) is 11.4. The van der Waals surface area contributed by atoms with Gasteiger partial charge in [-0.25, -0.2) is 0 Å². The first kappa shape index (κ1) is 14.1. The molecule has 4 aliphatic rings. The Bertz CT molecular complexity index is 350.